The summed E-state index contributed by atoms with van der Waals surface area (Å²) >= 11 is 0. The molecule has 1 aliphatic rings. The highest BCUT2D eigenvalue weighted by atomic mass is 16.1. The van der Waals surface area contributed by atoms with Crippen molar-refractivity contribution < 1.29 is 0 Å². The minimum absolute atomic E-state index is 0.144. The average Bonchev–Trinajstić information content (AvgIpc) is 3.30. The van der Waals surface area contributed by atoms with Crippen molar-refractivity contribution in [2.24, 2.45) is 7.05 Å². The maximum Gasteiger partial charge on any atom is 0.262 e. The number of H-pyrrole nitrogens is 1. The van der Waals surface area contributed by atoms with E-state index >= 15 is 0 Å². The minimum Gasteiger partial charge on any atom is -0.309 e. The molecule has 0 saturated carbocycles. The fourth-order valence-corrected chi connectivity index (χ4v) is 3.64. The second kappa shape index (κ2) is 7.22. The lowest BCUT2D eigenvalue weighted by Gasteiger charge is -2.28. The first kappa shape index (κ1) is 17.8. The molecule has 3 N–H and O–H groups in total. The van der Waals surface area contributed by atoms with Crippen molar-refractivity contribution in [3.63, 3.8) is 0 Å². The Labute approximate surface area is 157 Å². The van der Waals surface area contributed by atoms with Crippen LogP contribution in [0.1, 0.15) is 30.8 Å². The normalized spacial score (nSPS) is 21.2. The van der Waals surface area contributed by atoms with Crippen LogP contribution < -0.4 is 16.4 Å². The van der Waals surface area contributed by atoms with Gasteiger partial charge in [-0.3, -0.25) is 19.8 Å². The Bertz CT molecular complexity index is 981. The third-order valence-corrected chi connectivity index (χ3v) is 5.46. The maximum absolute atomic E-state index is 12.2. The summed E-state index contributed by atoms with van der Waals surface area (Å²) in [4.78, 5) is 21.9. The van der Waals surface area contributed by atoms with Crippen LogP contribution in [0.25, 0.3) is 11.0 Å². The molecular weight excluding hydrogens is 342 g/mol. The molecule has 8 heteroatoms. The van der Waals surface area contributed by atoms with Gasteiger partial charge in [0.2, 0.25) is 0 Å². The van der Waals surface area contributed by atoms with Crippen LogP contribution in [0.3, 0.4) is 0 Å². The summed E-state index contributed by atoms with van der Waals surface area (Å²) in [6, 6.07) is 11.3. The number of rotatable bonds is 5. The molecule has 0 spiro atoms. The Kier molecular flexibility index (Phi) is 4.77. The lowest BCUT2D eigenvalue weighted by Crippen LogP contribution is -2.46. The van der Waals surface area contributed by atoms with E-state index < -0.39 is 0 Å². The molecule has 3 unspecified atom stereocenters. The van der Waals surface area contributed by atoms with Crippen molar-refractivity contribution in [1.29, 1.82) is 0 Å². The molecule has 1 saturated heterocycles. The summed E-state index contributed by atoms with van der Waals surface area (Å²) in [6.07, 6.45) is 2.55. The number of hydrogen-bond donors (Lipinski definition) is 3. The van der Waals surface area contributed by atoms with E-state index in [2.05, 4.69) is 69.1 Å². The van der Waals surface area contributed by atoms with E-state index in [1.807, 2.05) is 6.07 Å². The summed E-state index contributed by atoms with van der Waals surface area (Å²) in [5.41, 5.74) is 8.57. The predicted octanol–water partition coefficient (Wildman–Crippen LogP) is 1.08. The average molecular weight is 367 g/mol. The third kappa shape index (κ3) is 3.51. The maximum atomic E-state index is 12.2. The van der Waals surface area contributed by atoms with Crippen molar-refractivity contribution in [2.75, 3.05) is 7.05 Å². The molecule has 1 aliphatic heterocycles. The summed E-state index contributed by atoms with van der Waals surface area (Å²) in [7, 11) is 3.85. The zero-order chi connectivity index (χ0) is 19.0. The van der Waals surface area contributed by atoms with Crippen LogP contribution in [-0.2, 0) is 13.6 Å². The molecule has 27 heavy (non-hydrogen) atoms. The minimum atomic E-state index is -0.144. The van der Waals surface area contributed by atoms with Crippen LogP contribution in [0.5, 0.6) is 0 Å². The molecule has 1 aromatic carbocycles. The zero-order valence-corrected chi connectivity index (χ0v) is 15.8. The van der Waals surface area contributed by atoms with E-state index in [0.717, 1.165) is 6.42 Å². The molecule has 142 valence electrons. The number of nitrogens with one attached hydrogen (secondary N) is 3. The number of benzene rings is 1. The first-order valence-corrected chi connectivity index (χ1v) is 9.20. The molecule has 4 rings (SSSR count). The summed E-state index contributed by atoms with van der Waals surface area (Å²) in [5, 5.41) is 4.63. The first-order valence-electron chi connectivity index (χ1n) is 9.20. The molecule has 3 aromatic rings. The molecule has 0 amide bonds. The van der Waals surface area contributed by atoms with Gasteiger partial charge in [0, 0.05) is 25.2 Å². The molecule has 0 radical (unpaired) electrons. The van der Waals surface area contributed by atoms with Gasteiger partial charge in [-0.2, -0.15) is 5.10 Å². The van der Waals surface area contributed by atoms with Gasteiger partial charge in [-0.1, -0.05) is 30.3 Å². The number of likely N-dealkylation sites (N-methyl/N-ethyl adjacent to an activating group) is 1. The third-order valence-electron chi connectivity index (χ3n) is 5.46. The van der Waals surface area contributed by atoms with Crippen molar-refractivity contribution in [1.82, 2.24) is 35.5 Å². The van der Waals surface area contributed by atoms with E-state index in [4.69, 9.17) is 0 Å². The fourth-order valence-electron chi connectivity index (χ4n) is 3.64. The van der Waals surface area contributed by atoms with Crippen LogP contribution in [0.4, 0.5) is 0 Å². The van der Waals surface area contributed by atoms with Gasteiger partial charge in [-0.25, -0.2) is 10.4 Å². The molecule has 0 aliphatic carbocycles. The predicted molar refractivity (Wildman–Crippen MR) is 104 cm³/mol. The van der Waals surface area contributed by atoms with Gasteiger partial charge in [0.15, 0.2) is 5.65 Å². The fraction of sp³-hybridized carbons (Fsp3) is 0.421. The Morgan fingerprint density at radius 3 is 2.85 bits per heavy atom. The molecule has 0 bridgehead atoms. The Morgan fingerprint density at radius 1 is 1.30 bits per heavy atom. The zero-order valence-electron chi connectivity index (χ0n) is 15.8. The number of fused-ring (bicyclic) bond motifs is 1. The van der Waals surface area contributed by atoms with E-state index in [1.165, 1.54) is 5.56 Å². The number of hydrogen-bond acceptors (Lipinski definition) is 6. The van der Waals surface area contributed by atoms with Crippen LogP contribution in [0.15, 0.2) is 41.3 Å². The van der Waals surface area contributed by atoms with Crippen molar-refractivity contribution in [3.05, 3.63) is 58.3 Å². The van der Waals surface area contributed by atoms with Crippen LogP contribution >= 0.6 is 0 Å². The highest BCUT2D eigenvalue weighted by Gasteiger charge is 2.30. The van der Waals surface area contributed by atoms with E-state index in [1.54, 1.807) is 17.9 Å². The standard InChI is InChI=1S/C19H25N7O/c1-12(15-9-16(24-23-15)13-7-5-4-6-8-13)25(2)11-17-21-18-14(19(27)22-17)10-20-26(18)3/h4-8,10,12,15-16,23-24H,9,11H2,1-3H3,(H,21,22,27). The smallest absolute Gasteiger partial charge is 0.262 e. The van der Waals surface area contributed by atoms with Gasteiger partial charge in [0.25, 0.3) is 5.56 Å². The number of aromatic nitrogens is 4. The SMILES string of the molecule is CC(C1CC(c2ccccc2)NN1)N(C)Cc1nc2c(cnn2C)c(=O)[nH]1. The lowest BCUT2D eigenvalue weighted by atomic mass is 9.98. The van der Waals surface area contributed by atoms with Crippen LogP contribution in [0, 0.1) is 0 Å². The quantitative estimate of drug-likeness (QED) is 0.625. The van der Waals surface area contributed by atoms with Crippen molar-refractivity contribution in [2.45, 2.75) is 38.0 Å². The molecule has 3 atom stereocenters. The van der Waals surface area contributed by atoms with Crippen molar-refractivity contribution >= 4 is 11.0 Å². The van der Waals surface area contributed by atoms with Gasteiger partial charge >= 0.3 is 0 Å². The number of aryl methyl sites for hydroxylation is 1. The number of nitrogens with zero attached hydrogens (tertiary/aromatic N) is 4. The Morgan fingerprint density at radius 2 is 2.07 bits per heavy atom. The first-order chi connectivity index (χ1) is 13.0. The van der Waals surface area contributed by atoms with Crippen molar-refractivity contribution in [3.8, 4) is 0 Å². The number of hydrazine groups is 1. The second-order valence-electron chi connectivity index (χ2n) is 7.27. The van der Waals surface area contributed by atoms with Gasteiger partial charge in [-0.15, -0.1) is 0 Å². The largest absolute Gasteiger partial charge is 0.309 e. The Hall–Kier alpha value is -2.55. The lowest BCUT2D eigenvalue weighted by molar-refractivity contribution is 0.200. The summed E-state index contributed by atoms with van der Waals surface area (Å²) in [6.45, 7) is 2.75. The number of aromatic amines is 1. The summed E-state index contributed by atoms with van der Waals surface area (Å²) in [5.74, 6) is 0.649. The highest BCUT2D eigenvalue weighted by molar-refractivity contribution is 5.72. The molecule has 1 fully saturated rings. The highest BCUT2D eigenvalue weighted by Crippen LogP contribution is 2.24. The topological polar surface area (TPSA) is 90.9 Å². The van der Waals surface area contributed by atoms with E-state index in [9.17, 15) is 4.79 Å². The second-order valence-corrected chi connectivity index (χ2v) is 7.27. The molecule has 3 heterocycles. The molecule has 2 aromatic heterocycles. The summed E-state index contributed by atoms with van der Waals surface area (Å²) < 4.78 is 1.63. The van der Waals surface area contributed by atoms with Crippen LogP contribution in [0.2, 0.25) is 0 Å². The molecular formula is C19H25N7O. The van der Waals surface area contributed by atoms with Gasteiger partial charge in [0.1, 0.15) is 11.2 Å². The molecule has 8 nitrogen and oxygen atoms in total. The van der Waals surface area contributed by atoms with E-state index in [-0.39, 0.29) is 11.6 Å². The van der Waals surface area contributed by atoms with Crippen LogP contribution in [-0.4, -0.2) is 43.8 Å². The monoisotopic (exact) mass is 367 g/mol. The Balaban J connectivity index is 1.45. The van der Waals surface area contributed by atoms with Gasteiger partial charge in [-0.05, 0) is 26.0 Å². The van der Waals surface area contributed by atoms with Gasteiger partial charge < -0.3 is 4.98 Å². The van der Waals surface area contributed by atoms with E-state index in [0.29, 0.717) is 35.5 Å². The van der Waals surface area contributed by atoms with Gasteiger partial charge in [0.05, 0.1) is 12.7 Å².